The standard InChI is InChI=1S/C12H18N2/c1-10-4-2-3-5-11(10)8-14-9-12(13)6-7-12/h2-5,14H,6-9,13H2,1H3. The molecular formula is C12H18N2. The second kappa shape index (κ2) is 3.71. The van der Waals surface area contributed by atoms with Crippen LogP contribution in [-0.4, -0.2) is 12.1 Å². The van der Waals surface area contributed by atoms with E-state index in [1.54, 1.807) is 0 Å². The topological polar surface area (TPSA) is 38.0 Å². The maximum Gasteiger partial charge on any atom is 0.0282 e. The fourth-order valence-electron chi connectivity index (χ4n) is 1.59. The molecule has 0 aromatic heterocycles. The van der Waals surface area contributed by atoms with E-state index in [0.29, 0.717) is 0 Å². The van der Waals surface area contributed by atoms with Crippen LogP contribution in [0, 0.1) is 6.92 Å². The number of nitrogens with two attached hydrogens (primary N) is 1. The summed E-state index contributed by atoms with van der Waals surface area (Å²) in [7, 11) is 0. The van der Waals surface area contributed by atoms with Crippen molar-refractivity contribution in [2.45, 2.75) is 31.8 Å². The van der Waals surface area contributed by atoms with Gasteiger partial charge in [0.1, 0.15) is 0 Å². The van der Waals surface area contributed by atoms with Crippen LogP contribution in [0.5, 0.6) is 0 Å². The second-order valence-corrected chi connectivity index (χ2v) is 4.39. The number of benzene rings is 1. The minimum absolute atomic E-state index is 0.114. The smallest absolute Gasteiger partial charge is 0.0282 e. The zero-order chi connectivity index (χ0) is 10.0. The Bertz CT molecular complexity index is 316. The van der Waals surface area contributed by atoms with Crippen molar-refractivity contribution in [1.82, 2.24) is 5.32 Å². The zero-order valence-corrected chi connectivity index (χ0v) is 8.72. The second-order valence-electron chi connectivity index (χ2n) is 4.39. The molecule has 0 bridgehead atoms. The van der Waals surface area contributed by atoms with Crippen molar-refractivity contribution in [3.63, 3.8) is 0 Å². The third-order valence-electron chi connectivity index (χ3n) is 2.95. The van der Waals surface area contributed by atoms with E-state index in [4.69, 9.17) is 5.73 Å². The average molecular weight is 190 g/mol. The van der Waals surface area contributed by atoms with Crippen LogP contribution in [0.3, 0.4) is 0 Å². The summed E-state index contributed by atoms with van der Waals surface area (Å²) in [6.45, 7) is 4.03. The molecule has 1 aliphatic carbocycles. The van der Waals surface area contributed by atoms with Gasteiger partial charge in [-0.05, 0) is 30.9 Å². The molecule has 1 fully saturated rings. The van der Waals surface area contributed by atoms with Gasteiger partial charge in [0.05, 0.1) is 0 Å². The first kappa shape index (κ1) is 9.69. The molecule has 2 rings (SSSR count). The van der Waals surface area contributed by atoms with Crippen LogP contribution in [0.2, 0.25) is 0 Å². The molecule has 0 spiro atoms. The van der Waals surface area contributed by atoms with E-state index in [9.17, 15) is 0 Å². The van der Waals surface area contributed by atoms with E-state index < -0.39 is 0 Å². The van der Waals surface area contributed by atoms with Crippen LogP contribution in [0.15, 0.2) is 24.3 Å². The Balaban J connectivity index is 1.83. The zero-order valence-electron chi connectivity index (χ0n) is 8.72. The van der Waals surface area contributed by atoms with Crippen LogP contribution < -0.4 is 11.1 Å². The Morgan fingerprint density at radius 3 is 2.71 bits per heavy atom. The Hall–Kier alpha value is -0.860. The highest BCUT2D eigenvalue weighted by Crippen LogP contribution is 2.31. The molecule has 0 saturated heterocycles. The van der Waals surface area contributed by atoms with E-state index in [-0.39, 0.29) is 5.54 Å². The van der Waals surface area contributed by atoms with Crippen molar-refractivity contribution in [2.75, 3.05) is 6.54 Å². The normalized spacial score (nSPS) is 18.1. The van der Waals surface area contributed by atoms with Crippen LogP contribution in [-0.2, 0) is 6.54 Å². The summed E-state index contributed by atoms with van der Waals surface area (Å²) in [5, 5.41) is 3.42. The summed E-state index contributed by atoms with van der Waals surface area (Å²) in [6.07, 6.45) is 2.35. The lowest BCUT2D eigenvalue weighted by Gasteiger charge is -2.11. The lowest BCUT2D eigenvalue weighted by molar-refractivity contribution is 0.568. The van der Waals surface area contributed by atoms with Crippen LogP contribution >= 0.6 is 0 Å². The van der Waals surface area contributed by atoms with E-state index in [1.165, 1.54) is 24.0 Å². The molecule has 2 heteroatoms. The van der Waals surface area contributed by atoms with E-state index >= 15 is 0 Å². The van der Waals surface area contributed by atoms with Crippen LogP contribution in [0.1, 0.15) is 24.0 Å². The number of nitrogens with one attached hydrogen (secondary N) is 1. The Labute approximate surface area is 85.5 Å². The van der Waals surface area contributed by atoms with Crippen molar-refractivity contribution >= 4 is 0 Å². The van der Waals surface area contributed by atoms with Crippen molar-refractivity contribution in [2.24, 2.45) is 5.73 Å². The van der Waals surface area contributed by atoms with Gasteiger partial charge in [-0.1, -0.05) is 24.3 Å². The highest BCUT2D eigenvalue weighted by molar-refractivity contribution is 5.25. The third-order valence-corrected chi connectivity index (χ3v) is 2.95. The van der Waals surface area contributed by atoms with Crippen molar-refractivity contribution in [3.05, 3.63) is 35.4 Å². The minimum atomic E-state index is 0.114. The molecular weight excluding hydrogens is 172 g/mol. The maximum absolute atomic E-state index is 5.99. The predicted molar refractivity (Wildman–Crippen MR) is 59.0 cm³/mol. The lowest BCUT2D eigenvalue weighted by atomic mass is 10.1. The molecule has 0 radical (unpaired) electrons. The van der Waals surface area contributed by atoms with Gasteiger partial charge >= 0.3 is 0 Å². The molecule has 14 heavy (non-hydrogen) atoms. The van der Waals surface area contributed by atoms with Gasteiger partial charge in [0.2, 0.25) is 0 Å². The number of aryl methyl sites for hydroxylation is 1. The Morgan fingerprint density at radius 2 is 2.07 bits per heavy atom. The van der Waals surface area contributed by atoms with Gasteiger partial charge in [0, 0.05) is 18.6 Å². The molecule has 1 aliphatic rings. The average Bonchev–Trinajstić information content (AvgIpc) is 2.88. The summed E-state index contributed by atoms with van der Waals surface area (Å²) in [5.41, 5.74) is 8.82. The first-order chi connectivity index (χ1) is 6.70. The third kappa shape index (κ3) is 2.34. The van der Waals surface area contributed by atoms with E-state index in [0.717, 1.165) is 13.1 Å². The quantitative estimate of drug-likeness (QED) is 0.756. The van der Waals surface area contributed by atoms with Crippen molar-refractivity contribution in [1.29, 1.82) is 0 Å². The molecule has 0 amide bonds. The van der Waals surface area contributed by atoms with Crippen LogP contribution in [0.4, 0.5) is 0 Å². The van der Waals surface area contributed by atoms with Crippen molar-refractivity contribution < 1.29 is 0 Å². The van der Waals surface area contributed by atoms with Gasteiger partial charge in [0.25, 0.3) is 0 Å². The lowest BCUT2D eigenvalue weighted by Crippen LogP contribution is -2.35. The predicted octanol–water partition coefficient (Wildman–Crippen LogP) is 1.58. The summed E-state index contributed by atoms with van der Waals surface area (Å²) in [6, 6.07) is 8.47. The van der Waals surface area contributed by atoms with Gasteiger partial charge < -0.3 is 11.1 Å². The summed E-state index contributed by atoms with van der Waals surface area (Å²) in [4.78, 5) is 0. The van der Waals surface area contributed by atoms with E-state index in [2.05, 4.69) is 36.5 Å². The Morgan fingerprint density at radius 1 is 1.36 bits per heavy atom. The monoisotopic (exact) mass is 190 g/mol. The van der Waals surface area contributed by atoms with Crippen LogP contribution in [0.25, 0.3) is 0 Å². The van der Waals surface area contributed by atoms with Gasteiger partial charge in [-0.25, -0.2) is 0 Å². The summed E-state index contributed by atoms with van der Waals surface area (Å²) in [5.74, 6) is 0. The molecule has 0 atom stereocenters. The molecule has 0 heterocycles. The fraction of sp³-hybridized carbons (Fsp3) is 0.500. The summed E-state index contributed by atoms with van der Waals surface area (Å²) < 4.78 is 0. The van der Waals surface area contributed by atoms with E-state index in [1.807, 2.05) is 0 Å². The minimum Gasteiger partial charge on any atom is -0.324 e. The Kier molecular flexibility index (Phi) is 2.57. The van der Waals surface area contributed by atoms with Gasteiger partial charge in [-0.15, -0.1) is 0 Å². The SMILES string of the molecule is Cc1ccccc1CNCC1(N)CC1. The molecule has 1 saturated carbocycles. The van der Waals surface area contributed by atoms with Gasteiger partial charge in [-0.3, -0.25) is 0 Å². The fourth-order valence-corrected chi connectivity index (χ4v) is 1.59. The van der Waals surface area contributed by atoms with Gasteiger partial charge in [-0.2, -0.15) is 0 Å². The molecule has 3 N–H and O–H groups in total. The molecule has 1 aromatic carbocycles. The molecule has 1 aromatic rings. The summed E-state index contributed by atoms with van der Waals surface area (Å²) >= 11 is 0. The largest absolute Gasteiger partial charge is 0.324 e. The highest BCUT2D eigenvalue weighted by atomic mass is 15.0. The molecule has 0 unspecified atom stereocenters. The highest BCUT2D eigenvalue weighted by Gasteiger charge is 2.37. The molecule has 76 valence electrons. The number of hydrogen-bond acceptors (Lipinski definition) is 2. The number of rotatable bonds is 4. The van der Waals surface area contributed by atoms with Crippen molar-refractivity contribution in [3.8, 4) is 0 Å². The number of hydrogen-bond donors (Lipinski definition) is 2. The van der Waals surface area contributed by atoms with Gasteiger partial charge in [0.15, 0.2) is 0 Å². The molecule has 0 aliphatic heterocycles. The maximum atomic E-state index is 5.99. The first-order valence-electron chi connectivity index (χ1n) is 5.24. The first-order valence-corrected chi connectivity index (χ1v) is 5.24. The molecule has 2 nitrogen and oxygen atoms in total.